The van der Waals surface area contributed by atoms with Gasteiger partial charge in [0.2, 0.25) is 0 Å². The van der Waals surface area contributed by atoms with Crippen molar-refractivity contribution < 1.29 is 4.42 Å². The quantitative estimate of drug-likeness (QED) is 0.177. The molecule has 4 heterocycles. The molecule has 12 rings (SSSR count). The van der Waals surface area contributed by atoms with Gasteiger partial charge in [0.15, 0.2) is 17.5 Å². The predicted molar refractivity (Wildman–Crippen MR) is 232 cm³/mol. The number of nitrogens with zero attached hydrogens (tertiary/aromatic N) is 5. The molecule has 266 valence electrons. The van der Waals surface area contributed by atoms with Crippen molar-refractivity contribution in [3.05, 3.63) is 188 Å². The number of furan rings is 1. The van der Waals surface area contributed by atoms with Gasteiger partial charge in [-0.1, -0.05) is 140 Å². The summed E-state index contributed by atoms with van der Waals surface area (Å²) in [5.74, 6) is 1.71. The summed E-state index contributed by atoms with van der Waals surface area (Å²) in [6.07, 6.45) is 0. The third kappa shape index (κ3) is 4.74. The minimum Gasteiger partial charge on any atom is -0.455 e. The van der Waals surface area contributed by atoms with E-state index in [4.69, 9.17) is 19.4 Å². The molecule has 0 aliphatic heterocycles. The molecular formula is C51H31N5O. The molecule has 0 bridgehead atoms. The number of hydrogen-bond acceptors (Lipinski definition) is 4. The number of para-hydroxylation sites is 6. The van der Waals surface area contributed by atoms with Crippen LogP contribution in [0.1, 0.15) is 0 Å². The molecule has 57 heavy (non-hydrogen) atoms. The molecule has 0 aliphatic carbocycles. The van der Waals surface area contributed by atoms with Gasteiger partial charge in [-0.15, -0.1) is 0 Å². The molecule has 0 saturated heterocycles. The van der Waals surface area contributed by atoms with Crippen molar-refractivity contribution in [3.8, 4) is 45.5 Å². The van der Waals surface area contributed by atoms with Crippen LogP contribution >= 0.6 is 0 Å². The van der Waals surface area contributed by atoms with Crippen molar-refractivity contribution in [3.63, 3.8) is 0 Å². The predicted octanol–water partition coefficient (Wildman–Crippen LogP) is 13.0. The summed E-state index contributed by atoms with van der Waals surface area (Å²) in [7, 11) is 0. The highest BCUT2D eigenvalue weighted by atomic mass is 16.3. The van der Waals surface area contributed by atoms with E-state index in [1.165, 1.54) is 21.5 Å². The third-order valence-electron chi connectivity index (χ3n) is 11.2. The van der Waals surface area contributed by atoms with Crippen molar-refractivity contribution in [2.45, 2.75) is 0 Å². The lowest BCUT2D eigenvalue weighted by Gasteiger charge is -2.16. The van der Waals surface area contributed by atoms with Crippen molar-refractivity contribution in [2.75, 3.05) is 0 Å². The van der Waals surface area contributed by atoms with Gasteiger partial charge in [0.1, 0.15) is 11.2 Å². The van der Waals surface area contributed by atoms with E-state index < -0.39 is 0 Å². The lowest BCUT2D eigenvalue weighted by molar-refractivity contribution is 0.669. The van der Waals surface area contributed by atoms with E-state index in [9.17, 15) is 0 Å². The number of benzene rings is 8. The van der Waals surface area contributed by atoms with Gasteiger partial charge >= 0.3 is 0 Å². The summed E-state index contributed by atoms with van der Waals surface area (Å²) < 4.78 is 11.3. The van der Waals surface area contributed by atoms with Gasteiger partial charge in [-0.05, 0) is 48.5 Å². The molecule has 0 fully saturated rings. The van der Waals surface area contributed by atoms with Gasteiger partial charge in [0.05, 0.1) is 33.3 Å². The van der Waals surface area contributed by atoms with E-state index in [1.54, 1.807) is 0 Å². The lowest BCUT2D eigenvalue weighted by Crippen LogP contribution is -2.04. The second-order valence-corrected chi connectivity index (χ2v) is 14.4. The monoisotopic (exact) mass is 729 g/mol. The average Bonchev–Trinajstić information content (AvgIpc) is 3.95. The minimum atomic E-state index is 0.548. The van der Waals surface area contributed by atoms with Gasteiger partial charge in [-0.25, -0.2) is 15.0 Å². The van der Waals surface area contributed by atoms with Crippen LogP contribution in [0.2, 0.25) is 0 Å². The minimum absolute atomic E-state index is 0.548. The van der Waals surface area contributed by atoms with Crippen LogP contribution in [-0.2, 0) is 0 Å². The molecule has 6 heteroatoms. The molecule has 0 atom stereocenters. The molecule has 4 aromatic heterocycles. The Hall–Kier alpha value is -7.83. The van der Waals surface area contributed by atoms with Crippen LogP contribution in [0.3, 0.4) is 0 Å². The molecule has 0 saturated carbocycles. The Morgan fingerprint density at radius 2 is 0.877 bits per heavy atom. The maximum Gasteiger partial charge on any atom is 0.167 e. The Bertz CT molecular complexity index is 3520. The second-order valence-electron chi connectivity index (χ2n) is 14.4. The van der Waals surface area contributed by atoms with Crippen molar-refractivity contribution in [2.24, 2.45) is 0 Å². The first-order valence-corrected chi connectivity index (χ1v) is 19.1. The van der Waals surface area contributed by atoms with E-state index in [2.05, 4.69) is 137 Å². The van der Waals surface area contributed by atoms with Crippen molar-refractivity contribution in [1.82, 2.24) is 24.1 Å². The topological polar surface area (TPSA) is 61.7 Å². The Morgan fingerprint density at radius 1 is 0.351 bits per heavy atom. The SMILES string of the molecule is c1ccc(-c2nc(-c3ccccc3-n3c4ccccc4c4ccc5c6ccccc6n(-c6ccccc6)c5c43)nc(-c3cccc4c3oc3ccccc34)n2)cc1. The highest BCUT2D eigenvalue weighted by Crippen LogP contribution is 2.43. The zero-order valence-corrected chi connectivity index (χ0v) is 30.5. The maximum absolute atomic E-state index is 6.51. The normalized spacial score (nSPS) is 11.9. The highest BCUT2D eigenvalue weighted by molar-refractivity contribution is 6.24. The molecule has 0 unspecified atom stereocenters. The van der Waals surface area contributed by atoms with E-state index in [1.807, 2.05) is 60.7 Å². The van der Waals surface area contributed by atoms with Gasteiger partial charge in [0.25, 0.3) is 0 Å². The molecule has 6 nitrogen and oxygen atoms in total. The van der Waals surface area contributed by atoms with Gasteiger partial charge in [-0.3, -0.25) is 0 Å². The van der Waals surface area contributed by atoms with E-state index >= 15 is 0 Å². The third-order valence-corrected chi connectivity index (χ3v) is 11.2. The van der Waals surface area contributed by atoms with Crippen LogP contribution in [0.4, 0.5) is 0 Å². The van der Waals surface area contributed by atoms with Crippen LogP contribution in [-0.4, -0.2) is 24.1 Å². The Morgan fingerprint density at radius 3 is 1.63 bits per heavy atom. The zero-order chi connectivity index (χ0) is 37.5. The largest absolute Gasteiger partial charge is 0.455 e. The zero-order valence-electron chi connectivity index (χ0n) is 30.5. The molecule has 0 amide bonds. The van der Waals surface area contributed by atoms with E-state index in [-0.39, 0.29) is 0 Å². The molecule has 8 aromatic carbocycles. The maximum atomic E-state index is 6.51. The Kier molecular flexibility index (Phi) is 6.83. The summed E-state index contributed by atoms with van der Waals surface area (Å²) in [4.78, 5) is 15.7. The summed E-state index contributed by atoms with van der Waals surface area (Å²) in [6, 6.07) is 65.5. The fraction of sp³-hybridized carbons (Fsp3) is 0. The average molecular weight is 730 g/mol. The van der Waals surface area contributed by atoms with Crippen molar-refractivity contribution in [1.29, 1.82) is 0 Å². The van der Waals surface area contributed by atoms with E-state index in [0.29, 0.717) is 17.5 Å². The standard InChI is InChI=1S/C51H31N5O/c1-3-16-32(17-4-1)49-52-50(54-51(53-49)41-25-15-24-39-36-22-10-14-29-45(36)57-48(39)41)40-23-9-13-28-44(40)56-43-27-12-8-21-35(43)38-31-30-37-34-20-7-11-26-42(34)55(46(37)47(38)56)33-18-5-2-6-19-33/h1-31H. The molecule has 0 radical (unpaired) electrons. The summed E-state index contributed by atoms with van der Waals surface area (Å²) in [6.45, 7) is 0. The molecule has 12 aromatic rings. The van der Waals surface area contributed by atoms with Crippen LogP contribution in [0.15, 0.2) is 192 Å². The number of fused-ring (bicyclic) bond motifs is 10. The fourth-order valence-corrected chi connectivity index (χ4v) is 8.71. The number of aromatic nitrogens is 5. The summed E-state index contributed by atoms with van der Waals surface area (Å²) in [5.41, 5.74) is 10.8. The first-order valence-electron chi connectivity index (χ1n) is 19.1. The van der Waals surface area contributed by atoms with Gasteiger partial charge in [0, 0.05) is 49.1 Å². The first-order chi connectivity index (χ1) is 28.3. The summed E-state index contributed by atoms with van der Waals surface area (Å²) >= 11 is 0. The van der Waals surface area contributed by atoms with Crippen LogP contribution in [0.25, 0.3) is 111 Å². The Balaban J connectivity index is 1.18. The molecule has 0 aliphatic rings. The molecule has 0 N–H and O–H groups in total. The highest BCUT2D eigenvalue weighted by Gasteiger charge is 2.24. The smallest absolute Gasteiger partial charge is 0.167 e. The number of rotatable bonds is 5. The summed E-state index contributed by atoms with van der Waals surface area (Å²) in [5, 5.41) is 6.82. The first kappa shape index (κ1) is 31.5. The van der Waals surface area contributed by atoms with Crippen LogP contribution in [0.5, 0.6) is 0 Å². The van der Waals surface area contributed by atoms with Gasteiger partial charge < -0.3 is 13.6 Å². The lowest BCUT2D eigenvalue weighted by atomic mass is 10.1. The van der Waals surface area contributed by atoms with Crippen LogP contribution < -0.4 is 0 Å². The second kappa shape index (κ2) is 12.3. The van der Waals surface area contributed by atoms with Gasteiger partial charge in [-0.2, -0.15) is 0 Å². The fourth-order valence-electron chi connectivity index (χ4n) is 8.71. The Labute approximate surface area is 326 Å². The molecular weight excluding hydrogens is 699 g/mol. The van der Waals surface area contributed by atoms with E-state index in [0.717, 1.165) is 72.1 Å². The molecule has 0 spiro atoms. The van der Waals surface area contributed by atoms with Crippen LogP contribution in [0, 0.1) is 0 Å². The number of hydrogen-bond donors (Lipinski definition) is 0. The van der Waals surface area contributed by atoms with Crippen molar-refractivity contribution >= 4 is 65.6 Å².